The Morgan fingerprint density at radius 3 is 2.79 bits per heavy atom. The van der Waals surface area contributed by atoms with Gasteiger partial charge in [0.15, 0.2) is 0 Å². The highest BCUT2D eigenvalue weighted by Crippen LogP contribution is 2.20. The molecule has 1 unspecified atom stereocenters. The second-order valence-corrected chi connectivity index (χ2v) is 6.04. The zero-order valence-corrected chi connectivity index (χ0v) is 12.0. The fourth-order valence-corrected chi connectivity index (χ4v) is 2.03. The van der Waals surface area contributed by atoms with E-state index >= 15 is 0 Å². The Morgan fingerprint density at radius 2 is 2.26 bits per heavy atom. The minimum absolute atomic E-state index is 0.0209. The molecule has 104 valence electrons. The van der Waals surface area contributed by atoms with E-state index in [2.05, 4.69) is 36.3 Å². The molecule has 5 heteroatoms. The van der Waals surface area contributed by atoms with Crippen molar-refractivity contribution in [2.24, 2.45) is 0 Å². The molecule has 5 nitrogen and oxygen atoms in total. The van der Waals surface area contributed by atoms with Gasteiger partial charge in [0, 0.05) is 19.0 Å². The molecule has 1 aliphatic heterocycles. The van der Waals surface area contributed by atoms with Crippen molar-refractivity contribution in [1.29, 1.82) is 0 Å². The highest BCUT2D eigenvalue weighted by Gasteiger charge is 2.22. The van der Waals surface area contributed by atoms with Crippen LogP contribution in [0.25, 0.3) is 0 Å². The number of nitrogens with one attached hydrogen (secondary N) is 2. The zero-order chi connectivity index (χ0) is 14.0. The van der Waals surface area contributed by atoms with Crippen molar-refractivity contribution in [1.82, 2.24) is 20.4 Å². The first-order valence-electron chi connectivity index (χ1n) is 6.58. The summed E-state index contributed by atoms with van der Waals surface area (Å²) in [6, 6.07) is 1.84. The van der Waals surface area contributed by atoms with Crippen molar-refractivity contribution in [2.45, 2.75) is 38.8 Å². The number of rotatable bonds is 3. The Bertz CT molecular complexity index is 484. The van der Waals surface area contributed by atoms with Gasteiger partial charge in [0.05, 0.1) is 17.9 Å². The second-order valence-electron chi connectivity index (χ2n) is 6.04. The Balaban J connectivity index is 1.98. The first kappa shape index (κ1) is 13.8. The first-order chi connectivity index (χ1) is 8.88. The number of aromatic nitrogens is 2. The van der Waals surface area contributed by atoms with Crippen LogP contribution in [0.15, 0.2) is 18.2 Å². The summed E-state index contributed by atoms with van der Waals surface area (Å²) in [5, 5.41) is 10.4. The predicted octanol–water partition coefficient (Wildman–Crippen LogP) is 1.19. The highest BCUT2D eigenvalue weighted by molar-refractivity contribution is 5.84. The lowest BCUT2D eigenvalue weighted by Crippen LogP contribution is -2.41. The minimum atomic E-state index is -0.185. The third-order valence-electron chi connectivity index (χ3n) is 3.23. The fourth-order valence-electron chi connectivity index (χ4n) is 2.03. The zero-order valence-electron chi connectivity index (χ0n) is 12.0. The van der Waals surface area contributed by atoms with E-state index in [1.54, 1.807) is 4.90 Å². The summed E-state index contributed by atoms with van der Waals surface area (Å²) in [5.41, 5.74) is 2.00. The van der Waals surface area contributed by atoms with Gasteiger partial charge in [-0.1, -0.05) is 32.9 Å². The maximum absolute atomic E-state index is 12.1. The molecule has 0 bridgehead atoms. The first-order valence-corrected chi connectivity index (χ1v) is 6.58. The number of likely N-dealkylation sites (N-methyl/N-ethyl adjacent to an activating group) is 1. The van der Waals surface area contributed by atoms with E-state index in [9.17, 15) is 4.79 Å². The van der Waals surface area contributed by atoms with Crippen molar-refractivity contribution in [3.05, 3.63) is 29.6 Å². The number of hydrogen-bond donors (Lipinski definition) is 2. The second kappa shape index (κ2) is 5.17. The molecule has 1 atom stereocenters. The van der Waals surface area contributed by atoms with Gasteiger partial charge in [-0.25, -0.2) is 0 Å². The molecule has 2 rings (SSSR count). The van der Waals surface area contributed by atoms with Gasteiger partial charge >= 0.3 is 0 Å². The van der Waals surface area contributed by atoms with Crippen LogP contribution in [0.4, 0.5) is 0 Å². The van der Waals surface area contributed by atoms with Crippen molar-refractivity contribution < 1.29 is 4.79 Å². The topological polar surface area (TPSA) is 61.0 Å². The van der Waals surface area contributed by atoms with Crippen LogP contribution in [0.3, 0.4) is 0 Å². The average Bonchev–Trinajstić information content (AvgIpc) is 2.97. The van der Waals surface area contributed by atoms with Gasteiger partial charge in [0.2, 0.25) is 5.91 Å². The van der Waals surface area contributed by atoms with E-state index in [1.807, 2.05) is 25.3 Å². The molecule has 1 aromatic heterocycles. The third kappa shape index (κ3) is 3.23. The smallest absolute Gasteiger partial charge is 0.243 e. The summed E-state index contributed by atoms with van der Waals surface area (Å²) in [6.07, 6.45) is 3.89. The van der Waals surface area contributed by atoms with Crippen LogP contribution < -0.4 is 5.32 Å². The van der Waals surface area contributed by atoms with Crippen molar-refractivity contribution in [3.63, 3.8) is 0 Å². The summed E-state index contributed by atoms with van der Waals surface area (Å²) in [6.45, 7) is 7.68. The summed E-state index contributed by atoms with van der Waals surface area (Å²) < 4.78 is 0. The molecule has 0 radical (unpaired) electrons. The molecule has 2 heterocycles. The number of hydrogen-bond acceptors (Lipinski definition) is 3. The number of carbonyl (C=O) groups excluding carboxylic acids is 1. The minimum Gasteiger partial charge on any atom is -0.338 e. The molecular formula is C14H22N4O. The Morgan fingerprint density at radius 1 is 1.53 bits per heavy atom. The van der Waals surface area contributed by atoms with Gasteiger partial charge in [-0.15, -0.1) is 0 Å². The lowest BCUT2D eigenvalue weighted by molar-refractivity contribution is -0.131. The van der Waals surface area contributed by atoms with Crippen LogP contribution in [0.5, 0.6) is 0 Å². The molecule has 0 spiro atoms. The van der Waals surface area contributed by atoms with E-state index in [0.29, 0.717) is 6.54 Å². The molecule has 0 fully saturated rings. The number of nitrogens with zero attached hydrogens (tertiary/aromatic N) is 2. The third-order valence-corrected chi connectivity index (χ3v) is 3.23. The summed E-state index contributed by atoms with van der Waals surface area (Å²) in [7, 11) is 1.81. The summed E-state index contributed by atoms with van der Waals surface area (Å²) in [5.74, 6) is 0.0839. The van der Waals surface area contributed by atoms with E-state index in [1.165, 1.54) is 0 Å². The molecule has 0 saturated carbocycles. The molecule has 1 aromatic rings. The molecule has 0 aromatic carbocycles. The van der Waals surface area contributed by atoms with Crippen molar-refractivity contribution >= 4 is 5.91 Å². The maximum Gasteiger partial charge on any atom is 0.243 e. The number of aromatic amines is 1. The number of carbonyl (C=O) groups is 1. The van der Waals surface area contributed by atoms with E-state index in [4.69, 9.17) is 0 Å². The van der Waals surface area contributed by atoms with Gasteiger partial charge in [-0.05, 0) is 6.07 Å². The molecule has 19 heavy (non-hydrogen) atoms. The highest BCUT2D eigenvalue weighted by atomic mass is 16.2. The van der Waals surface area contributed by atoms with Crippen molar-refractivity contribution in [2.75, 3.05) is 13.6 Å². The van der Waals surface area contributed by atoms with Crippen LogP contribution in [0.2, 0.25) is 0 Å². The van der Waals surface area contributed by atoms with E-state index in [-0.39, 0.29) is 17.4 Å². The molecule has 2 N–H and O–H groups in total. The normalized spacial score (nSPS) is 18.8. The number of amides is 1. The van der Waals surface area contributed by atoms with Crippen LogP contribution in [0, 0.1) is 0 Å². The average molecular weight is 262 g/mol. The largest absolute Gasteiger partial charge is 0.338 e. The van der Waals surface area contributed by atoms with E-state index < -0.39 is 0 Å². The van der Waals surface area contributed by atoms with E-state index in [0.717, 1.165) is 17.9 Å². The van der Waals surface area contributed by atoms with Gasteiger partial charge in [-0.2, -0.15) is 5.10 Å². The van der Waals surface area contributed by atoms with Crippen molar-refractivity contribution in [3.8, 4) is 0 Å². The Labute approximate surface area is 114 Å². The number of H-pyrrole nitrogens is 1. The lowest BCUT2D eigenvalue weighted by atomic mass is 9.92. The fraction of sp³-hybridized carbons (Fsp3) is 0.571. The molecule has 1 amide bonds. The molecule has 1 aliphatic rings. The predicted molar refractivity (Wildman–Crippen MR) is 74.7 cm³/mol. The lowest BCUT2D eigenvalue weighted by Gasteiger charge is -2.19. The maximum atomic E-state index is 12.1. The van der Waals surface area contributed by atoms with Crippen LogP contribution in [-0.2, 0) is 16.8 Å². The monoisotopic (exact) mass is 262 g/mol. The quantitative estimate of drug-likeness (QED) is 0.805. The van der Waals surface area contributed by atoms with Crippen LogP contribution >= 0.6 is 0 Å². The summed E-state index contributed by atoms with van der Waals surface area (Å²) in [4.78, 5) is 13.8. The van der Waals surface area contributed by atoms with Gasteiger partial charge in [-0.3, -0.25) is 15.2 Å². The SMILES string of the molecule is CN(Cc1cc(C(C)(C)C)n[nH]1)C(=O)C1C=CCN1. The van der Waals surface area contributed by atoms with Gasteiger partial charge < -0.3 is 4.90 Å². The Hall–Kier alpha value is -1.62. The standard InChI is InChI=1S/C14H22N4O/c1-14(2,3)12-8-10(16-17-12)9-18(4)13(19)11-6-5-7-15-11/h5-6,8,11,15H,7,9H2,1-4H3,(H,16,17). The van der Waals surface area contributed by atoms with Gasteiger partial charge in [0.1, 0.15) is 6.04 Å². The molecule has 0 saturated heterocycles. The molecule has 0 aliphatic carbocycles. The summed E-state index contributed by atoms with van der Waals surface area (Å²) >= 11 is 0. The Kier molecular flexibility index (Phi) is 3.75. The van der Waals surface area contributed by atoms with Crippen LogP contribution in [0.1, 0.15) is 32.2 Å². The molecular weight excluding hydrogens is 240 g/mol. The van der Waals surface area contributed by atoms with Gasteiger partial charge in [0.25, 0.3) is 0 Å². The van der Waals surface area contributed by atoms with Crippen LogP contribution in [-0.4, -0.2) is 40.6 Å².